The molecule has 1 heterocycles. The average molecular weight is 443 g/mol. The molecule has 4 rings (SSSR count). The number of ether oxygens (including phenoxy) is 1. The fourth-order valence-electron chi connectivity index (χ4n) is 4.12. The number of methoxy groups -OCH3 is 1. The van der Waals surface area contributed by atoms with E-state index in [1.807, 2.05) is 29.2 Å². The van der Waals surface area contributed by atoms with Crippen molar-refractivity contribution in [2.75, 3.05) is 20.2 Å². The van der Waals surface area contributed by atoms with Crippen LogP contribution in [0.5, 0.6) is 5.75 Å². The minimum Gasteiger partial charge on any atom is -0.497 e. The van der Waals surface area contributed by atoms with Gasteiger partial charge in [0.2, 0.25) is 10.0 Å². The molecule has 1 amide bonds. The molecule has 2 fully saturated rings. The lowest BCUT2D eigenvalue weighted by Gasteiger charge is -2.31. The van der Waals surface area contributed by atoms with Crippen molar-refractivity contribution in [1.82, 2.24) is 9.62 Å². The predicted octanol–water partition coefficient (Wildman–Crippen LogP) is 4.14. The summed E-state index contributed by atoms with van der Waals surface area (Å²) in [5.74, 6) is 1.11. The van der Waals surface area contributed by atoms with Crippen molar-refractivity contribution in [2.24, 2.45) is 5.92 Å². The number of carbonyl (C=O) groups is 1. The summed E-state index contributed by atoms with van der Waals surface area (Å²) < 4.78 is 33.3. The van der Waals surface area contributed by atoms with Crippen LogP contribution in [0.4, 0.5) is 0 Å². The third kappa shape index (κ3) is 5.28. The smallest absolute Gasteiger partial charge is 0.254 e. The maximum Gasteiger partial charge on any atom is 0.254 e. The number of benzene rings is 2. The van der Waals surface area contributed by atoms with Crippen molar-refractivity contribution < 1.29 is 17.9 Å². The Balaban J connectivity index is 1.58. The Labute approximate surface area is 184 Å². The minimum absolute atomic E-state index is 0.0332. The van der Waals surface area contributed by atoms with Crippen LogP contribution < -0.4 is 9.46 Å². The van der Waals surface area contributed by atoms with Gasteiger partial charge < -0.3 is 9.64 Å². The van der Waals surface area contributed by atoms with Gasteiger partial charge in [0.05, 0.1) is 18.0 Å². The van der Waals surface area contributed by atoms with E-state index >= 15 is 0 Å². The SMILES string of the molecule is COc1ccc(C2CCCCCN2C(=O)c2cccc(S(=O)(=O)NCC3CC3)c2)cc1. The van der Waals surface area contributed by atoms with Gasteiger partial charge >= 0.3 is 0 Å². The van der Waals surface area contributed by atoms with Crippen molar-refractivity contribution in [3.63, 3.8) is 0 Å². The van der Waals surface area contributed by atoms with Crippen molar-refractivity contribution in [3.8, 4) is 5.75 Å². The first-order chi connectivity index (χ1) is 15.0. The number of rotatable bonds is 7. The van der Waals surface area contributed by atoms with Gasteiger partial charge in [-0.25, -0.2) is 13.1 Å². The standard InChI is InChI=1S/C24H30N2O4S/c1-30-21-13-11-19(12-14-21)23-8-3-2-4-15-26(23)24(27)20-6-5-7-22(16-20)31(28,29)25-17-18-9-10-18/h5-7,11-14,16,18,23,25H,2-4,8-10,15,17H2,1H3. The first-order valence-corrected chi connectivity index (χ1v) is 12.5. The third-order valence-electron chi connectivity index (χ3n) is 6.16. The summed E-state index contributed by atoms with van der Waals surface area (Å²) >= 11 is 0. The first kappa shape index (κ1) is 21.8. The van der Waals surface area contributed by atoms with Gasteiger partial charge in [0.25, 0.3) is 5.91 Å². The maximum atomic E-state index is 13.5. The quantitative estimate of drug-likeness (QED) is 0.699. The van der Waals surface area contributed by atoms with E-state index in [1.165, 1.54) is 6.07 Å². The highest BCUT2D eigenvalue weighted by Gasteiger charge is 2.29. The second kappa shape index (κ2) is 9.40. The van der Waals surface area contributed by atoms with E-state index < -0.39 is 10.0 Å². The molecule has 1 unspecified atom stereocenters. The molecule has 1 saturated carbocycles. The molecule has 1 atom stereocenters. The maximum absolute atomic E-state index is 13.5. The lowest BCUT2D eigenvalue weighted by atomic mass is 10.00. The van der Waals surface area contributed by atoms with E-state index in [4.69, 9.17) is 4.74 Å². The van der Waals surface area contributed by atoms with Crippen molar-refractivity contribution in [2.45, 2.75) is 49.5 Å². The van der Waals surface area contributed by atoms with Gasteiger partial charge in [-0.1, -0.05) is 31.0 Å². The van der Waals surface area contributed by atoms with Crippen LogP contribution in [0.3, 0.4) is 0 Å². The number of hydrogen-bond acceptors (Lipinski definition) is 4. The summed E-state index contributed by atoms with van der Waals surface area (Å²) in [6.45, 7) is 1.12. The highest BCUT2D eigenvalue weighted by atomic mass is 32.2. The van der Waals surface area contributed by atoms with Crippen molar-refractivity contribution >= 4 is 15.9 Å². The average Bonchev–Trinajstić information content (AvgIpc) is 3.64. The van der Waals surface area contributed by atoms with Gasteiger partial charge in [-0.05, 0) is 67.5 Å². The number of likely N-dealkylation sites (tertiary alicyclic amines) is 1. The van der Waals surface area contributed by atoms with Crippen LogP contribution >= 0.6 is 0 Å². The predicted molar refractivity (Wildman–Crippen MR) is 120 cm³/mol. The van der Waals surface area contributed by atoms with E-state index in [2.05, 4.69) is 4.72 Å². The molecule has 0 aromatic heterocycles. The molecule has 1 aliphatic carbocycles. The molecule has 0 spiro atoms. The van der Waals surface area contributed by atoms with Gasteiger partial charge in [0.1, 0.15) is 5.75 Å². The highest BCUT2D eigenvalue weighted by molar-refractivity contribution is 7.89. The van der Waals surface area contributed by atoms with Gasteiger partial charge in [-0.15, -0.1) is 0 Å². The van der Waals surface area contributed by atoms with Crippen LogP contribution in [-0.2, 0) is 10.0 Å². The van der Waals surface area contributed by atoms with Gasteiger partial charge in [-0.3, -0.25) is 4.79 Å². The third-order valence-corrected chi connectivity index (χ3v) is 7.59. The fraction of sp³-hybridized carbons (Fsp3) is 0.458. The lowest BCUT2D eigenvalue weighted by molar-refractivity contribution is 0.0680. The topological polar surface area (TPSA) is 75.7 Å². The van der Waals surface area contributed by atoms with E-state index in [0.717, 1.165) is 49.8 Å². The summed E-state index contributed by atoms with van der Waals surface area (Å²) in [5.41, 5.74) is 1.49. The van der Waals surface area contributed by atoms with E-state index in [9.17, 15) is 13.2 Å². The monoisotopic (exact) mass is 442 g/mol. The summed E-state index contributed by atoms with van der Waals surface area (Å²) in [6, 6.07) is 14.2. The van der Waals surface area contributed by atoms with Crippen LogP contribution in [0.1, 0.15) is 60.5 Å². The largest absolute Gasteiger partial charge is 0.497 e. The summed E-state index contributed by atoms with van der Waals surface area (Å²) in [6.07, 6.45) is 6.11. The first-order valence-electron chi connectivity index (χ1n) is 11.0. The number of nitrogens with one attached hydrogen (secondary N) is 1. The lowest BCUT2D eigenvalue weighted by Crippen LogP contribution is -2.35. The molecule has 166 valence electrons. The van der Waals surface area contributed by atoms with Crippen molar-refractivity contribution in [1.29, 1.82) is 0 Å². The Kier molecular flexibility index (Phi) is 6.62. The van der Waals surface area contributed by atoms with E-state index in [1.54, 1.807) is 25.3 Å². The molecule has 31 heavy (non-hydrogen) atoms. The van der Waals surface area contributed by atoms with Crippen LogP contribution in [0.15, 0.2) is 53.4 Å². The van der Waals surface area contributed by atoms with Gasteiger partial charge in [0.15, 0.2) is 0 Å². The van der Waals surface area contributed by atoms with Crippen LogP contribution in [0, 0.1) is 5.92 Å². The molecule has 7 heteroatoms. The molecular formula is C24H30N2O4S. The van der Waals surface area contributed by atoms with Crippen LogP contribution in [-0.4, -0.2) is 39.4 Å². The summed E-state index contributed by atoms with van der Waals surface area (Å²) in [4.78, 5) is 15.5. The van der Waals surface area contributed by atoms with Crippen LogP contribution in [0.25, 0.3) is 0 Å². The van der Waals surface area contributed by atoms with E-state index in [-0.39, 0.29) is 16.8 Å². The Morgan fingerprint density at radius 1 is 1.06 bits per heavy atom. The normalized spacial score (nSPS) is 19.6. The second-order valence-electron chi connectivity index (χ2n) is 8.46. The Hall–Kier alpha value is -2.38. The molecule has 2 aromatic rings. The van der Waals surface area contributed by atoms with Crippen molar-refractivity contribution in [3.05, 3.63) is 59.7 Å². The fourth-order valence-corrected chi connectivity index (χ4v) is 5.28. The second-order valence-corrected chi connectivity index (χ2v) is 10.2. The molecule has 1 N–H and O–H groups in total. The van der Waals surface area contributed by atoms with E-state index in [0.29, 0.717) is 24.6 Å². The number of hydrogen-bond donors (Lipinski definition) is 1. The molecule has 2 aliphatic rings. The Bertz CT molecular complexity index is 1020. The zero-order valence-corrected chi connectivity index (χ0v) is 18.7. The molecule has 1 saturated heterocycles. The Morgan fingerprint density at radius 2 is 1.84 bits per heavy atom. The van der Waals surface area contributed by atoms with Gasteiger partial charge in [-0.2, -0.15) is 0 Å². The number of carbonyl (C=O) groups excluding carboxylic acids is 1. The van der Waals surface area contributed by atoms with Crippen LogP contribution in [0.2, 0.25) is 0 Å². The summed E-state index contributed by atoms with van der Waals surface area (Å²) in [5, 5.41) is 0. The minimum atomic E-state index is -3.62. The number of nitrogens with zero attached hydrogens (tertiary/aromatic N) is 1. The molecule has 1 aliphatic heterocycles. The molecule has 0 radical (unpaired) electrons. The zero-order valence-electron chi connectivity index (χ0n) is 17.9. The highest BCUT2D eigenvalue weighted by Crippen LogP contribution is 2.33. The molecule has 0 bridgehead atoms. The molecular weight excluding hydrogens is 412 g/mol. The summed E-state index contributed by atoms with van der Waals surface area (Å²) in [7, 11) is -1.98. The van der Waals surface area contributed by atoms with Gasteiger partial charge in [0, 0.05) is 18.7 Å². The number of amides is 1. The zero-order chi connectivity index (χ0) is 21.8. The molecule has 2 aromatic carbocycles. The number of sulfonamides is 1. The molecule has 6 nitrogen and oxygen atoms in total. The Morgan fingerprint density at radius 3 is 2.55 bits per heavy atom.